The third-order valence-electron chi connectivity index (χ3n) is 3.22. The quantitative estimate of drug-likeness (QED) is 0.567. The molecule has 2 N–H and O–H groups in total. The van der Waals surface area contributed by atoms with Gasteiger partial charge in [-0.25, -0.2) is 4.79 Å². The van der Waals surface area contributed by atoms with Gasteiger partial charge in [0.1, 0.15) is 6.04 Å². The fraction of sp³-hybridized carbons (Fsp3) is 0.438. The van der Waals surface area contributed by atoms with E-state index in [1.165, 1.54) is 14.2 Å². The van der Waals surface area contributed by atoms with Crippen molar-refractivity contribution in [2.45, 2.75) is 26.1 Å². The molecule has 1 amide bonds. The van der Waals surface area contributed by atoms with E-state index in [0.29, 0.717) is 5.56 Å². The molecular weight excluding hydrogens is 300 g/mol. The predicted molar refractivity (Wildman–Crippen MR) is 83.5 cm³/mol. The van der Waals surface area contributed by atoms with Gasteiger partial charge in [-0.3, -0.25) is 14.9 Å². The molecule has 2 atom stereocenters. The van der Waals surface area contributed by atoms with Crippen LogP contribution in [0.5, 0.6) is 0 Å². The Morgan fingerprint density at radius 1 is 0.957 bits per heavy atom. The van der Waals surface area contributed by atoms with Gasteiger partial charge in [-0.2, -0.15) is 0 Å². The van der Waals surface area contributed by atoms with Crippen LogP contribution in [-0.4, -0.2) is 44.3 Å². The molecule has 0 fully saturated rings. The molecule has 7 heteroatoms. The van der Waals surface area contributed by atoms with Gasteiger partial charge in [0, 0.05) is 5.56 Å². The van der Waals surface area contributed by atoms with Crippen LogP contribution in [0, 0.1) is 5.92 Å². The molecule has 0 aliphatic rings. The number of carbonyl (C=O) groups is 3. The zero-order chi connectivity index (χ0) is 17.4. The second-order valence-corrected chi connectivity index (χ2v) is 5.21. The maximum Gasteiger partial charge on any atom is 0.343 e. The maximum absolute atomic E-state index is 12.2. The Morgan fingerprint density at radius 3 is 2.00 bits per heavy atom. The number of benzene rings is 1. The smallest absolute Gasteiger partial charge is 0.343 e. The van der Waals surface area contributed by atoms with Crippen LogP contribution in [0.2, 0.25) is 0 Å². The normalized spacial score (nSPS) is 13.1. The summed E-state index contributed by atoms with van der Waals surface area (Å²) in [6, 6.07) is 7.66. The number of rotatable bonds is 7. The first-order valence-corrected chi connectivity index (χ1v) is 7.18. The number of esters is 2. The Kier molecular flexibility index (Phi) is 7.21. The van der Waals surface area contributed by atoms with E-state index in [1.54, 1.807) is 44.2 Å². The highest BCUT2D eigenvalue weighted by Gasteiger charge is 2.31. The topological polar surface area (TPSA) is 93.7 Å². The van der Waals surface area contributed by atoms with Crippen LogP contribution in [0.4, 0.5) is 0 Å². The molecule has 0 saturated carbocycles. The number of hydrogen-bond donors (Lipinski definition) is 2. The lowest BCUT2D eigenvalue weighted by Crippen LogP contribution is -2.58. The zero-order valence-corrected chi connectivity index (χ0v) is 13.7. The largest absolute Gasteiger partial charge is 0.468 e. The molecule has 0 bridgehead atoms. The van der Waals surface area contributed by atoms with Gasteiger partial charge in [-0.15, -0.1) is 0 Å². The van der Waals surface area contributed by atoms with Crippen LogP contribution in [0.15, 0.2) is 30.3 Å². The van der Waals surface area contributed by atoms with E-state index < -0.39 is 30.1 Å². The van der Waals surface area contributed by atoms with Crippen molar-refractivity contribution in [2.24, 2.45) is 5.92 Å². The maximum atomic E-state index is 12.2. The van der Waals surface area contributed by atoms with E-state index in [-0.39, 0.29) is 5.92 Å². The molecule has 1 rings (SSSR count). The lowest BCUT2D eigenvalue weighted by atomic mass is 10.0. The highest BCUT2D eigenvalue weighted by atomic mass is 16.5. The van der Waals surface area contributed by atoms with E-state index in [0.717, 1.165) is 0 Å². The number of hydrogen-bond acceptors (Lipinski definition) is 6. The van der Waals surface area contributed by atoms with Gasteiger partial charge >= 0.3 is 11.9 Å². The minimum absolute atomic E-state index is 0.150. The Balaban J connectivity index is 2.90. The molecule has 0 aliphatic heterocycles. The van der Waals surface area contributed by atoms with Crippen molar-refractivity contribution in [3.8, 4) is 0 Å². The van der Waals surface area contributed by atoms with Crippen molar-refractivity contribution in [1.29, 1.82) is 0 Å². The number of carbonyl (C=O) groups excluding carboxylic acids is 3. The summed E-state index contributed by atoms with van der Waals surface area (Å²) in [5, 5.41) is 5.29. The second-order valence-electron chi connectivity index (χ2n) is 5.21. The van der Waals surface area contributed by atoms with E-state index in [1.807, 2.05) is 0 Å². The standard InChI is InChI=1S/C16H22N2O5/c1-10(2)12(15(20)22-3)17-13(16(21)23-4)18-14(19)11-8-6-5-7-9-11/h5-10,12-13,17H,1-4H3,(H,18,19)/t12-,13+/m0/s1. The zero-order valence-electron chi connectivity index (χ0n) is 13.7. The van der Waals surface area contributed by atoms with Crippen molar-refractivity contribution in [1.82, 2.24) is 10.6 Å². The van der Waals surface area contributed by atoms with Crippen molar-refractivity contribution in [3.05, 3.63) is 35.9 Å². The first-order valence-electron chi connectivity index (χ1n) is 7.18. The highest BCUT2D eigenvalue weighted by molar-refractivity contribution is 5.96. The second kappa shape index (κ2) is 8.89. The van der Waals surface area contributed by atoms with Gasteiger partial charge in [0.2, 0.25) is 0 Å². The third-order valence-corrected chi connectivity index (χ3v) is 3.22. The Labute approximate surface area is 135 Å². The summed E-state index contributed by atoms with van der Waals surface area (Å²) < 4.78 is 9.39. The fourth-order valence-corrected chi connectivity index (χ4v) is 1.93. The van der Waals surface area contributed by atoms with Crippen molar-refractivity contribution < 1.29 is 23.9 Å². The van der Waals surface area contributed by atoms with Gasteiger partial charge in [0.15, 0.2) is 6.17 Å². The highest BCUT2D eigenvalue weighted by Crippen LogP contribution is 2.06. The summed E-state index contributed by atoms with van der Waals surface area (Å²) in [7, 11) is 2.46. The van der Waals surface area contributed by atoms with Gasteiger partial charge in [-0.1, -0.05) is 32.0 Å². The van der Waals surface area contributed by atoms with E-state index in [4.69, 9.17) is 4.74 Å². The average Bonchev–Trinajstić information content (AvgIpc) is 2.57. The molecule has 0 heterocycles. The molecule has 1 aromatic carbocycles. The van der Waals surface area contributed by atoms with Gasteiger partial charge < -0.3 is 14.8 Å². The van der Waals surface area contributed by atoms with Crippen LogP contribution < -0.4 is 10.6 Å². The molecular formula is C16H22N2O5. The van der Waals surface area contributed by atoms with Gasteiger partial charge in [0.05, 0.1) is 14.2 Å². The van der Waals surface area contributed by atoms with Crippen LogP contribution in [0.1, 0.15) is 24.2 Å². The van der Waals surface area contributed by atoms with Crippen LogP contribution >= 0.6 is 0 Å². The molecule has 0 aliphatic carbocycles. The Morgan fingerprint density at radius 2 is 1.52 bits per heavy atom. The summed E-state index contributed by atoms with van der Waals surface area (Å²) in [4.78, 5) is 35.9. The Hall–Kier alpha value is -2.41. The van der Waals surface area contributed by atoms with Gasteiger partial charge in [-0.05, 0) is 18.1 Å². The molecule has 0 unspecified atom stereocenters. The molecule has 126 valence electrons. The molecule has 1 aromatic rings. The summed E-state index contributed by atoms with van der Waals surface area (Å²) in [6.45, 7) is 3.59. The summed E-state index contributed by atoms with van der Waals surface area (Å²) in [5.74, 6) is -1.84. The number of nitrogens with one attached hydrogen (secondary N) is 2. The summed E-state index contributed by atoms with van der Waals surface area (Å²) in [6.07, 6.45) is -1.17. The SMILES string of the molecule is COC(=O)[C@@H](NC(=O)c1ccccc1)N[C@H](C(=O)OC)C(C)C. The first kappa shape index (κ1) is 18.6. The van der Waals surface area contributed by atoms with Crippen LogP contribution in [0.3, 0.4) is 0 Å². The minimum Gasteiger partial charge on any atom is -0.468 e. The summed E-state index contributed by atoms with van der Waals surface area (Å²) in [5.41, 5.74) is 0.391. The number of ether oxygens (including phenoxy) is 2. The molecule has 0 spiro atoms. The van der Waals surface area contributed by atoms with Crippen LogP contribution in [-0.2, 0) is 19.1 Å². The van der Waals surface area contributed by atoms with Crippen molar-refractivity contribution in [2.75, 3.05) is 14.2 Å². The third kappa shape index (κ3) is 5.37. The fourth-order valence-electron chi connectivity index (χ4n) is 1.93. The molecule has 23 heavy (non-hydrogen) atoms. The van der Waals surface area contributed by atoms with E-state index in [2.05, 4.69) is 15.4 Å². The number of methoxy groups -OCH3 is 2. The lowest BCUT2D eigenvalue weighted by molar-refractivity contribution is -0.147. The predicted octanol–water partition coefficient (Wildman–Crippen LogP) is 0.703. The van der Waals surface area contributed by atoms with Crippen molar-refractivity contribution >= 4 is 17.8 Å². The lowest BCUT2D eigenvalue weighted by Gasteiger charge is -2.25. The Bertz CT molecular complexity index is 545. The molecule has 0 saturated heterocycles. The summed E-state index contributed by atoms with van der Waals surface area (Å²) >= 11 is 0. The monoisotopic (exact) mass is 322 g/mol. The number of amides is 1. The average molecular weight is 322 g/mol. The van der Waals surface area contributed by atoms with Crippen LogP contribution in [0.25, 0.3) is 0 Å². The van der Waals surface area contributed by atoms with Gasteiger partial charge in [0.25, 0.3) is 5.91 Å². The molecule has 7 nitrogen and oxygen atoms in total. The first-order chi connectivity index (χ1) is 10.9. The van der Waals surface area contributed by atoms with E-state index >= 15 is 0 Å². The molecule has 0 aromatic heterocycles. The minimum atomic E-state index is -1.17. The van der Waals surface area contributed by atoms with Crippen molar-refractivity contribution in [3.63, 3.8) is 0 Å². The van der Waals surface area contributed by atoms with E-state index in [9.17, 15) is 14.4 Å². The molecule has 0 radical (unpaired) electrons.